The maximum atomic E-state index is 12.8. The second kappa shape index (κ2) is 7.40. The molecule has 1 N–H and O–H groups in total. The first-order valence-corrected chi connectivity index (χ1v) is 12.0. The van der Waals surface area contributed by atoms with Crippen molar-refractivity contribution in [1.82, 2.24) is 29.4 Å². The van der Waals surface area contributed by atoms with Crippen molar-refractivity contribution in [2.24, 2.45) is 0 Å². The van der Waals surface area contributed by atoms with Crippen LogP contribution in [0.4, 0.5) is 5.82 Å². The fourth-order valence-corrected chi connectivity index (χ4v) is 5.41. The molecule has 1 aliphatic rings. The molecule has 1 unspecified atom stereocenters. The lowest BCUT2D eigenvalue weighted by Gasteiger charge is -2.15. The Morgan fingerprint density at radius 1 is 1.19 bits per heavy atom. The van der Waals surface area contributed by atoms with Gasteiger partial charge in [-0.15, -0.1) is 5.10 Å². The van der Waals surface area contributed by atoms with Crippen molar-refractivity contribution in [2.75, 3.05) is 16.8 Å². The van der Waals surface area contributed by atoms with Gasteiger partial charge < -0.3 is 5.32 Å². The van der Waals surface area contributed by atoms with E-state index in [4.69, 9.17) is 0 Å². The van der Waals surface area contributed by atoms with Crippen LogP contribution in [-0.4, -0.2) is 55.2 Å². The van der Waals surface area contributed by atoms with Gasteiger partial charge in [-0.05, 0) is 26.3 Å². The molecule has 1 amide bonds. The van der Waals surface area contributed by atoms with Crippen molar-refractivity contribution in [2.45, 2.75) is 58.9 Å². The van der Waals surface area contributed by atoms with Gasteiger partial charge in [0.2, 0.25) is 5.91 Å². The molecular formula is C20H27N7O3S. The number of carbonyl (C=O) groups is 1. The molecule has 0 spiro atoms. The number of anilines is 1. The molecule has 0 saturated carbocycles. The number of fused-ring (bicyclic) bond motifs is 1. The minimum absolute atomic E-state index is 0.0269. The number of rotatable bonds is 4. The fraction of sp³-hybridized carbons (Fsp3) is 0.550. The van der Waals surface area contributed by atoms with Crippen LogP contribution >= 0.6 is 0 Å². The molecule has 0 radical (unpaired) electrons. The maximum Gasteiger partial charge on any atom is 0.252 e. The van der Waals surface area contributed by atoms with Gasteiger partial charge in [0.25, 0.3) is 5.78 Å². The number of amides is 1. The van der Waals surface area contributed by atoms with E-state index in [2.05, 4.69) is 25.5 Å². The highest BCUT2D eigenvalue weighted by atomic mass is 32.2. The molecule has 1 atom stereocenters. The Morgan fingerprint density at radius 3 is 2.58 bits per heavy atom. The second-order valence-corrected chi connectivity index (χ2v) is 11.4. The van der Waals surface area contributed by atoms with Gasteiger partial charge in [-0.25, -0.2) is 22.6 Å². The summed E-state index contributed by atoms with van der Waals surface area (Å²) in [6.45, 7) is 9.85. The minimum atomic E-state index is -3.09. The Hall–Kier alpha value is -2.82. The number of hydrogen-bond acceptors (Lipinski definition) is 7. The number of aryl methyl sites for hydroxylation is 2. The third-order valence-electron chi connectivity index (χ3n) is 5.31. The number of nitrogens with zero attached hydrogens (tertiary/aromatic N) is 6. The Bertz CT molecular complexity index is 1270. The summed E-state index contributed by atoms with van der Waals surface area (Å²) in [7, 11) is -3.09. The lowest BCUT2D eigenvalue weighted by molar-refractivity contribution is -0.115. The molecule has 3 aromatic heterocycles. The summed E-state index contributed by atoms with van der Waals surface area (Å²) in [5.41, 5.74) is 2.26. The van der Waals surface area contributed by atoms with Gasteiger partial charge in [-0.3, -0.25) is 4.79 Å². The van der Waals surface area contributed by atoms with Crippen LogP contribution in [0.25, 0.3) is 5.78 Å². The lowest BCUT2D eigenvalue weighted by atomic mass is 9.92. The molecule has 3 aromatic rings. The van der Waals surface area contributed by atoms with Gasteiger partial charge in [0.05, 0.1) is 29.7 Å². The quantitative estimate of drug-likeness (QED) is 0.649. The molecule has 1 fully saturated rings. The van der Waals surface area contributed by atoms with Crippen molar-refractivity contribution in [3.8, 4) is 0 Å². The molecule has 0 aliphatic carbocycles. The van der Waals surface area contributed by atoms with Crippen LogP contribution in [0, 0.1) is 13.8 Å². The van der Waals surface area contributed by atoms with Crippen LogP contribution in [0.1, 0.15) is 56.1 Å². The lowest BCUT2D eigenvalue weighted by Crippen LogP contribution is -2.21. The van der Waals surface area contributed by atoms with E-state index in [1.807, 2.05) is 46.8 Å². The summed E-state index contributed by atoms with van der Waals surface area (Å²) in [5, 5.41) is 11.9. The average Bonchev–Trinajstić information content (AvgIpc) is 3.31. The van der Waals surface area contributed by atoms with Gasteiger partial charge in [0.15, 0.2) is 15.7 Å². The molecule has 166 valence electrons. The highest BCUT2D eigenvalue weighted by Gasteiger charge is 2.33. The van der Waals surface area contributed by atoms with Crippen molar-refractivity contribution in [3.05, 3.63) is 35.0 Å². The van der Waals surface area contributed by atoms with Crippen LogP contribution in [0.2, 0.25) is 0 Å². The average molecular weight is 446 g/mol. The van der Waals surface area contributed by atoms with E-state index in [0.717, 1.165) is 17.1 Å². The molecule has 1 aliphatic heterocycles. The van der Waals surface area contributed by atoms with Crippen LogP contribution in [-0.2, 0) is 26.5 Å². The monoisotopic (exact) mass is 445 g/mol. The summed E-state index contributed by atoms with van der Waals surface area (Å²) in [6, 6.07) is 3.42. The zero-order valence-electron chi connectivity index (χ0n) is 18.4. The fourth-order valence-electron chi connectivity index (χ4n) is 3.71. The zero-order valence-corrected chi connectivity index (χ0v) is 19.2. The predicted octanol–water partition coefficient (Wildman–Crippen LogP) is 1.78. The number of carbonyl (C=O) groups excluding carboxylic acids is 1. The first-order chi connectivity index (χ1) is 14.4. The maximum absolute atomic E-state index is 12.8. The Labute approximate surface area is 181 Å². The number of aromatic nitrogens is 6. The summed E-state index contributed by atoms with van der Waals surface area (Å²) in [5.74, 6) is 1.17. The summed E-state index contributed by atoms with van der Waals surface area (Å²) < 4.78 is 27.2. The van der Waals surface area contributed by atoms with Gasteiger partial charge in [0.1, 0.15) is 5.82 Å². The van der Waals surface area contributed by atoms with E-state index in [1.54, 1.807) is 9.20 Å². The van der Waals surface area contributed by atoms with Gasteiger partial charge in [-0.2, -0.15) is 10.1 Å². The number of nitrogens with one attached hydrogen (secondary N) is 1. The van der Waals surface area contributed by atoms with Crippen LogP contribution in [0.3, 0.4) is 0 Å². The largest absolute Gasteiger partial charge is 0.310 e. The Morgan fingerprint density at radius 2 is 1.94 bits per heavy atom. The molecule has 10 nitrogen and oxygen atoms in total. The Balaban J connectivity index is 1.59. The minimum Gasteiger partial charge on any atom is -0.310 e. The van der Waals surface area contributed by atoms with Crippen molar-refractivity contribution < 1.29 is 13.2 Å². The summed E-state index contributed by atoms with van der Waals surface area (Å²) in [6.07, 6.45) is 0.454. The summed E-state index contributed by atoms with van der Waals surface area (Å²) in [4.78, 5) is 21.5. The Kier molecular flexibility index (Phi) is 5.11. The molecule has 31 heavy (non-hydrogen) atoms. The van der Waals surface area contributed by atoms with Crippen LogP contribution < -0.4 is 5.32 Å². The van der Waals surface area contributed by atoms with Gasteiger partial charge in [0, 0.05) is 22.9 Å². The van der Waals surface area contributed by atoms with E-state index < -0.39 is 9.84 Å². The molecule has 4 rings (SSSR count). The van der Waals surface area contributed by atoms with E-state index >= 15 is 0 Å². The second-order valence-electron chi connectivity index (χ2n) is 9.17. The first kappa shape index (κ1) is 21.4. The van der Waals surface area contributed by atoms with Gasteiger partial charge >= 0.3 is 0 Å². The molecule has 4 heterocycles. The van der Waals surface area contributed by atoms with E-state index in [-0.39, 0.29) is 35.3 Å². The van der Waals surface area contributed by atoms with Crippen LogP contribution in [0.15, 0.2) is 12.1 Å². The first-order valence-electron chi connectivity index (χ1n) is 10.2. The SMILES string of the molecule is Cc1cc(C)n2nc(CC(=O)Nc3cc(C(C)(C)C)nn3C3CCS(=O)(=O)C3)nc2n1. The van der Waals surface area contributed by atoms with E-state index in [0.29, 0.717) is 23.8 Å². The van der Waals surface area contributed by atoms with E-state index in [9.17, 15) is 13.2 Å². The highest BCUT2D eigenvalue weighted by Crippen LogP contribution is 2.30. The molecule has 1 saturated heterocycles. The zero-order chi connectivity index (χ0) is 22.6. The number of hydrogen-bond donors (Lipinski definition) is 1. The normalized spacial score (nSPS) is 18.5. The number of sulfone groups is 1. The molecular weight excluding hydrogens is 418 g/mol. The predicted molar refractivity (Wildman–Crippen MR) is 116 cm³/mol. The molecule has 0 bridgehead atoms. The highest BCUT2D eigenvalue weighted by molar-refractivity contribution is 7.91. The van der Waals surface area contributed by atoms with Crippen LogP contribution in [0.5, 0.6) is 0 Å². The molecule has 0 aromatic carbocycles. The van der Waals surface area contributed by atoms with Crippen molar-refractivity contribution >= 4 is 27.3 Å². The smallest absolute Gasteiger partial charge is 0.252 e. The van der Waals surface area contributed by atoms with Crippen molar-refractivity contribution in [1.29, 1.82) is 0 Å². The topological polar surface area (TPSA) is 124 Å². The van der Waals surface area contributed by atoms with Gasteiger partial charge in [-0.1, -0.05) is 20.8 Å². The summed E-state index contributed by atoms with van der Waals surface area (Å²) >= 11 is 0. The third kappa shape index (κ3) is 4.46. The standard InChI is InChI=1S/C20H27N7O3S/c1-12-8-13(2)26-19(21-12)22-16(25-26)10-18(28)23-17-9-15(20(3,4)5)24-27(17)14-6-7-31(29,30)11-14/h8-9,14H,6-7,10-11H2,1-5H3,(H,23,28). The van der Waals surface area contributed by atoms with E-state index in [1.165, 1.54) is 0 Å². The third-order valence-corrected chi connectivity index (χ3v) is 7.06. The van der Waals surface area contributed by atoms with Crippen molar-refractivity contribution in [3.63, 3.8) is 0 Å². The molecule has 11 heteroatoms.